The third-order valence-corrected chi connectivity index (χ3v) is 3.96. The van der Waals surface area contributed by atoms with Gasteiger partial charge in [-0.3, -0.25) is 0 Å². The van der Waals surface area contributed by atoms with Crippen molar-refractivity contribution in [3.05, 3.63) is 40.9 Å². The molecule has 0 aliphatic rings. The Morgan fingerprint density at radius 2 is 2.00 bits per heavy atom. The summed E-state index contributed by atoms with van der Waals surface area (Å²) in [5, 5.41) is 3.47. The molecule has 6 heteroatoms. The van der Waals surface area contributed by atoms with Crippen LogP contribution in [0, 0.1) is 0 Å². The standard InChI is InChI=1S/C14H15F3N2S/c1-18-8-4-5-10-9-19-13(20-10)11-6-2-3-7-12(11)14(15,16)17/h2-3,6-7,9,18H,4-5,8H2,1H3. The lowest BCUT2D eigenvalue weighted by Gasteiger charge is -2.10. The molecule has 1 aromatic heterocycles. The van der Waals surface area contributed by atoms with Crippen LogP contribution in [-0.2, 0) is 12.6 Å². The molecule has 2 aromatic rings. The Morgan fingerprint density at radius 1 is 1.25 bits per heavy atom. The maximum Gasteiger partial charge on any atom is 0.417 e. The molecule has 2 rings (SSSR count). The van der Waals surface area contributed by atoms with Crippen molar-refractivity contribution >= 4 is 11.3 Å². The van der Waals surface area contributed by atoms with Gasteiger partial charge in [-0.05, 0) is 32.5 Å². The van der Waals surface area contributed by atoms with Crippen molar-refractivity contribution < 1.29 is 13.2 Å². The monoisotopic (exact) mass is 300 g/mol. The van der Waals surface area contributed by atoms with Gasteiger partial charge >= 0.3 is 6.18 Å². The predicted molar refractivity (Wildman–Crippen MR) is 74.8 cm³/mol. The highest BCUT2D eigenvalue weighted by Gasteiger charge is 2.33. The van der Waals surface area contributed by atoms with Gasteiger partial charge in [-0.2, -0.15) is 13.2 Å². The van der Waals surface area contributed by atoms with Crippen molar-refractivity contribution in [3.63, 3.8) is 0 Å². The highest BCUT2D eigenvalue weighted by Crippen LogP contribution is 2.38. The molecular weight excluding hydrogens is 285 g/mol. The largest absolute Gasteiger partial charge is 0.417 e. The van der Waals surface area contributed by atoms with E-state index >= 15 is 0 Å². The van der Waals surface area contributed by atoms with Crippen LogP contribution in [0.3, 0.4) is 0 Å². The second-order valence-electron chi connectivity index (χ2n) is 4.38. The average Bonchev–Trinajstić information content (AvgIpc) is 2.87. The van der Waals surface area contributed by atoms with Crippen LogP contribution in [0.15, 0.2) is 30.5 Å². The molecule has 0 aliphatic carbocycles. The van der Waals surface area contributed by atoms with Crippen LogP contribution >= 0.6 is 11.3 Å². The van der Waals surface area contributed by atoms with E-state index in [9.17, 15) is 13.2 Å². The van der Waals surface area contributed by atoms with E-state index in [4.69, 9.17) is 0 Å². The number of aromatic nitrogens is 1. The molecule has 0 saturated heterocycles. The topological polar surface area (TPSA) is 24.9 Å². The smallest absolute Gasteiger partial charge is 0.320 e. The molecule has 1 heterocycles. The third-order valence-electron chi connectivity index (χ3n) is 2.87. The third kappa shape index (κ3) is 3.58. The van der Waals surface area contributed by atoms with E-state index in [1.807, 2.05) is 7.05 Å². The van der Waals surface area contributed by atoms with Crippen molar-refractivity contribution in [2.45, 2.75) is 19.0 Å². The van der Waals surface area contributed by atoms with Crippen molar-refractivity contribution in [3.8, 4) is 10.6 Å². The van der Waals surface area contributed by atoms with E-state index in [1.54, 1.807) is 12.3 Å². The second-order valence-corrected chi connectivity index (χ2v) is 5.50. The van der Waals surface area contributed by atoms with Gasteiger partial charge in [-0.15, -0.1) is 11.3 Å². The van der Waals surface area contributed by atoms with E-state index in [0.29, 0.717) is 5.01 Å². The summed E-state index contributed by atoms with van der Waals surface area (Å²) in [4.78, 5) is 5.14. The van der Waals surface area contributed by atoms with Crippen LogP contribution in [-0.4, -0.2) is 18.6 Å². The SMILES string of the molecule is CNCCCc1cnc(-c2ccccc2C(F)(F)F)s1. The second kappa shape index (κ2) is 6.37. The normalized spacial score (nSPS) is 11.8. The maximum atomic E-state index is 13.0. The van der Waals surface area contributed by atoms with Gasteiger partial charge in [0, 0.05) is 16.6 Å². The van der Waals surface area contributed by atoms with Crippen LogP contribution in [0.5, 0.6) is 0 Å². The zero-order valence-electron chi connectivity index (χ0n) is 11.0. The van der Waals surface area contributed by atoms with Crippen molar-refractivity contribution in [2.24, 2.45) is 0 Å². The lowest BCUT2D eigenvalue weighted by Crippen LogP contribution is -2.07. The summed E-state index contributed by atoms with van der Waals surface area (Å²) in [7, 11) is 1.87. The van der Waals surface area contributed by atoms with Gasteiger partial charge < -0.3 is 5.32 Å². The molecule has 0 radical (unpaired) electrons. The van der Waals surface area contributed by atoms with Gasteiger partial charge in [0.2, 0.25) is 0 Å². The van der Waals surface area contributed by atoms with Crippen molar-refractivity contribution in [2.75, 3.05) is 13.6 Å². The summed E-state index contributed by atoms with van der Waals surface area (Å²) >= 11 is 1.33. The average molecular weight is 300 g/mol. The Labute approximate surface area is 119 Å². The zero-order valence-corrected chi connectivity index (χ0v) is 11.8. The first-order valence-electron chi connectivity index (χ1n) is 6.28. The number of thiazole rings is 1. The first kappa shape index (κ1) is 15.0. The summed E-state index contributed by atoms with van der Waals surface area (Å²) in [5.74, 6) is 0. The van der Waals surface area contributed by atoms with E-state index in [0.717, 1.165) is 30.3 Å². The minimum Gasteiger partial charge on any atom is -0.320 e. The van der Waals surface area contributed by atoms with Crippen molar-refractivity contribution in [1.82, 2.24) is 10.3 Å². The molecule has 0 aliphatic heterocycles. The minimum atomic E-state index is -4.35. The maximum absolute atomic E-state index is 13.0. The van der Waals surface area contributed by atoms with E-state index in [-0.39, 0.29) is 5.56 Å². The fourth-order valence-corrected chi connectivity index (χ4v) is 2.90. The zero-order chi connectivity index (χ0) is 14.6. The number of hydrogen-bond donors (Lipinski definition) is 1. The molecule has 2 nitrogen and oxygen atoms in total. The van der Waals surface area contributed by atoms with E-state index in [1.165, 1.54) is 23.5 Å². The molecule has 108 valence electrons. The van der Waals surface area contributed by atoms with Crippen LogP contribution in [0.25, 0.3) is 10.6 Å². The summed E-state index contributed by atoms with van der Waals surface area (Å²) in [6, 6.07) is 5.57. The van der Waals surface area contributed by atoms with Gasteiger partial charge in [0.1, 0.15) is 5.01 Å². The Morgan fingerprint density at radius 3 is 2.70 bits per heavy atom. The van der Waals surface area contributed by atoms with E-state index in [2.05, 4.69) is 10.3 Å². The Hall–Kier alpha value is -1.40. The molecule has 0 amide bonds. The van der Waals surface area contributed by atoms with Crippen molar-refractivity contribution in [1.29, 1.82) is 0 Å². The van der Waals surface area contributed by atoms with Crippen LogP contribution in [0.1, 0.15) is 16.9 Å². The number of aryl methyl sites for hydroxylation is 1. The number of nitrogens with one attached hydrogen (secondary N) is 1. The summed E-state index contributed by atoms with van der Waals surface area (Å²) in [6.07, 6.45) is -0.914. The van der Waals surface area contributed by atoms with Gasteiger partial charge in [-0.1, -0.05) is 18.2 Å². The van der Waals surface area contributed by atoms with E-state index < -0.39 is 11.7 Å². The predicted octanol–water partition coefficient (Wildman–Crippen LogP) is 3.98. The number of alkyl halides is 3. The first-order valence-corrected chi connectivity index (χ1v) is 7.10. The summed E-state index contributed by atoms with van der Waals surface area (Å²) < 4.78 is 38.9. The number of hydrogen-bond acceptors (Lipinski definition) is 3. The quantitative estimate of drug-likeness (QED) is 0.845. The molecule has 1 N–H and O–H groups in total. The number of benzene rings is 1. The molecule has 20 heavy (non-hydrogen) atoms. The Bertz CT molecular complexity index is 564. The first-order chi connectivity index (χ1) is 9.52. The molecule has 0 fully saturated rings. The van der Waals surface area contributed by atoms with Gasteiger partial charge in [0.15, 0.2) is 0 Å². The molecular formula is C14H15F3N2S. The number of halogens is 3. The van der Waals surface area contributed by atoms with Crippen LogP contribution in [0.2, 0.25) is 0 Å². The minimum absolute atomic E-state index is 0.157. The highest BCUT2D eigenvalue weighted by molar-refractivity contribution is 7.15. The summed E-state index contributed by atoms with van der Waals surface area (Å²) in [6.45, 7) is 0.881. The summed E-state index contributed by atoms with van der Waals surface area (Å²) in [5.41, 5.74) is -0.471. The molecule has 1 aromatic carbocycles. The molecule has 0 spiro atoms. The Kier molecular flexibility index (Phi) is 4.77. The molecule has 0 atom stereocenters. The fourth-order valence-electron chi connectivity index (χ4n) is 1.90. The van der Waals surface area contributed by atoms with Crippen LogP contribution in [0.4, 0.5) is 13.2 Å². The molecule has 0 unspecified atom stereocenters. The lowest BCUT2D eigenvalue weighted by molar-refractivity contribution is -0.137. The van der Waals surface area contributed by atoms with Gasteiger partial charge in [0.25, 0.3) is 0 Å². The highest BCUT2D eigenvalue weighted by atomic mass is 32.1. The molecule has 0 saturated carbocycles. The Balaban J connectivity index is 2.24. The van der Waals surface area contributed by atoms with Crippen LogP contribution < -0.4 is 5.32 Å². The van der Waals surface area contributed by atoms with Gasteiger partial charge in [-0.25, -0.2) is 4.98 Å². The fraction of sp³-hybridized carbons (Fsp3) is 0.357. The lowest BCUT2D eigenvalue weighted by atomic mass is 10.1. The van der Waals surface area contributed by atoms with Gasteiger partial charge in [0.05, 0.1) is 5.56 Å². The number of rotatable bonds is 5. The molecule has 0 bridgehead atoms. The number of nitrogens with zero attached hydrogens (tertiary/aromatic N) is 1.